The molecule has 0 spiro atoms. The lowest BCUT2D eigenvalue weighted by Gasteiger charge is -2.00. The van der Waals surface area contributed by atoms with Gasteiger partial charge in [-0.15, -0.1) is 0 Å². The summed E-state index contributed by atoms with van der Waals surface area (Å²) in [6.45, 7) is 2.00. The quantitative estimate of drug-likeness (QED) is 0.566. The normalized spacial score (nSPS) is 12.0. The van der Waals surface area contributed by atoms with Crippen molar-refractivity contribution in [3.63, 3.8) is 0 Å². The molecule has 1 heterocycles. The molecule has 0 saturated carbocycles. The van der Waals surface area contributed by atoms with E-state index in [9.17, 15) is 0 Å². The van der Waals surface area contributed by atoms with E-state index in [2.05, 4.69) is 33.5 Å². The Morgan fingerprint density at radius 3 is 2.43 bits per heavy atom. The third kappa shape index (κ3) is 3.70. The van der Waals surface area contributed by atoms with Crippen molar-refractivity contribution in [3.05, 3.63) is 76.6 Å². The molecule has 0 aliphatic heterocycles. The first kappa shape index (κ1) is 15.1. The van der Waals surface area contributed by atoms with Gasteiger partial charge in [0.2, 0.25) is 4.77 Å². The summed E-state index contributed by atoms with van der Waals surface area (Å²) in [5.74, 6) is 0.694. The largest absolute Gasteiger partial charge is 0.250 e. The van der Waals surface area contributed by atoms with E-state index in [-0.39, 0.29) is 0 Å². The maximum absolute atomic E-state index is 5.27. The first-order valence-corrected chi connectivity index (χ1v) is 7.65. The van der Waals surface area contributed by atoms with Crippen molar-refractivity contribution in [2.75, 3.05) is 0 Å². The molecule has 0 radical (unpaired) electrons. The lowest BCUT2D eigenvalue weighted by molar-refractivity contribution is 0.871. The summed E-state index contributed by atoms with van der Waals surface area (Å²) in [5, 5.41) is 11.5. The van der Waals surface area contributed by atoms with Crippen LogP contribution in [0.3, 0.4) is 0 Å². The zero-order valence-corrected chi connectivity index (χ0v) is 13.5. The minimum atomic E-state index is 0.465. The predicted molar refractivity (Wildman–Crippen MR) is 96.8 cm³/mol. The fourth-order valence-electron chi connectivity index (χ4n) is 2.17. The molecule has 0 unspecified atom stereocenters. The van der Waals surface area contributed by atoms with Gasteiger partial charge >= 0.3 is 0 Å². The minimum absolute atomic E-state index is 0.465. The van der Waals surface area contributed by atoms with Gasteiger partial charge in [-0.25, -0.2) is 5.10 Å². The lowest BCUT2D eigenvalue weighted by Crippen LogP contribution is -1.94. The standard InChI is InChI=1S/C18H16N4S/c1-14(12-15-8-4-2-5-9-15)13-19-22-17(20-21-18(22)23)16-10-6-3-7-11-16/h2-13H,1H3,(H,21,23)/b14-12-,19-13+. The first-order chi connectivity index (χ1) is 11.2. The van der Waals surface area contributed by atoms with Crippen molar-refractivity contribution in [2.24, 2.45) is 5.10 Å². The lowest BCUT2D eigenvalue weighted by atomic mass is 10.1. The van der Waals surface area contributed by atoms with E-state index in [1.165, 1.54) is 0 Å². The molecule has 1 aromatic heterocycles. The van der Waals surface area contributed by atoms with E-state index in [0.29, 0.717) is 10.6 Å². The van der Waals surface area contributed by atoms with Crippen molar-refractivity contribution in [1.82, 2.24) is 14.9 Å². The van der Waals surface area contributed by atoms with E-state index in [1.54, 1.807) is 10.9 Å². The Morgan fingerprint density at radius 1 is 1.09 bits per heavy atom. The molecule has 2 aromatic carbocycles. The van der Waals surface area contributed by atoms with Gasteiger partial charge in [-0.05, 0) is 30.3 Å². The molecule has 0 amide bonds. The molecular weight excluding hydrogens is 304 g/mol. The Balaban J connectivity index is 1.90. The summed E-state index contributed by atoms with van der Waals surface area (Å²) in [6.07, 6.45) is 3.85. The molecule has 114 valence electrons. The molecule has 1 N–H and O–H groups in total. The van der Waals surface area contributed by atoms with Gasteiger partial charge < -0.3 is 0 Å². The highest BCUT2D eigenvalue weighted by Crippen LogP contribution is 2.16. The van der Waals surface area contributed by atoms with Crippen LogP contribution < -0.4 is 0 Å². The van der Waals surface area contributed by atoms with Gasteiger partial charge in [0.25, 0.3) is 0 Å². The van der Waals surface area contributed by atoms with Gasteiger partial charge in [0.1, 0.15) is 0 Å². The van der Waals surface area contributed by atoms with Crippen LogP contribution in [0.25, 0.3) is 17.5 Å². The molecule has 3 rings (SSSR count). The molecule has 3 aromatic rings. The van der Waals surface area contributed by atoms with E-state index >= 15 is 0 Å². The highest BCUT2D eigenvalue weighted by atomic mass is 32.1. The second-order valence-corrected chi connectivity index (χ2v) is 5.46. The summed E-state index contributed by atoms with van der Waals surface area (Å²) in [5.41, 5.74) is 3.12. The molecule has 0 fully saturated rings. The van der Waals surface area contributed by atoms with Crippen LogP contribution in [0.2, 0.25) is 0 Å². The zero-order chi connectivity index (χ0) is 16.1. The van der Waals surface area contributed by atoms with E-state index in [1.807, 2.05) is 55.5 Å². The fourth-order valence-corrected chi connectivity index (χ4v) is 2.35. The van der Waals surface area contributed by atoms with Gasteiger partial charge in [0.15, 0.2) is 5.82 Å². The smallest absolute Gasteiger partial charge is 0.216 e. The Morgan fingerprint density at radius 2 is 1.74 bits per heavy atom. The number of nitrogens with zero attached hydrogens (tertiary/aromatic N) is 3. The van der Waals surface area contributed by atoms with Gasteiger partial charge in [0.05, 0.1) is 6.21 Å². The van der Waals surface area contributed by atoms with Crippen LogP contribution in [0.5, 0.6) is 0 Å². The van der Waals surface area contributed by atoms with Crippen LogP contribution in [-0.4, -0.2) is 21.1 Å². The van der Waals surface area contributed by atoms with Crippen LogP contribution in [-0.2, 0) is 0 Å². The summed E-state index contributed by atoms with van der Waals surface area (Å²) >= 11 is 5.27. The number of aromatic amines is 1. The molecule has 23 heavy (non-hydrogen) atoms. The first-order valence-electron chi connectivity index (χ1n) is 7.24. The Labute approximate surface area is 139 Å². The van der Waals surface area contributed by atoms with Crippen molar-refractivity contribution >= 4 is 24.5 Å². The van der Waals surface area contributed by atoms with Crippen molar-refractivity contribution in [1.29, 1.82) is 0 Å². The number of H-pyrrole nitrogens is 1. The fraction of sp³-hybridized carbons (Fsp3) is 0.0556. The topological polar surface area (TPSA) is 46.0 Å². The summed E-state index contributed by atoms with van der Waals surface area (Å²) < 4.78 is 2.10. The van der Waals surface area contributed by atoms with Crippen molar-refractivity contribution in [2.45, 2.75) is 6.92 Å². The summed E-state index contributed by atoms with van der Waals surface area (Å²) in [4.78, 5) is 0. The van der Waals surface area contributed by atoms with Crippen LogP contribution in [0.15, 0.2) is 71.3 Å². The van der Waals surface area contributed by atoms with Crippen molar-refractivity contribution < 1.29 is 0 Å². The number of hydrogen-bond donors (Lipinski definition) is 1. The average molecular weight is 320 g/mol. The number of aromatic nitrogens is 3. The third-order valence-corrected chi connectivity index (χ3v) is 3.52. The van der Waals surface area contributed by atoms with E-state index in [0.717, 1.165) is 16.7 Å². The second-order valence-electron chi connectivity index (χ2n) is 5.07. The van der Waals surface area contributed by atoms with Gasteiger partial charge in [-0.2, -0.15) is 14.9 Å². The molecule has 5 heteroatoms. The minimum Gasteiger partial charge on any atom is -0.250 e. The number of benzene rings is 2. The summed E-state index contributed by atoms with van der Waals surface area (Å²) in [6, 6.07) is 20.0. The maximum Gasteiger partial charge on any atom is 0.216 e. The number of rotatable bonds is 4. The molecule has 0 aliphatic carbocycles. The van der Waals surface area contributed by atoms with Crippen LogP contribution >= 0.6 is 12.2 Å². The average Bonchev–Trinajstić information content (AvgIpc) is 2.95. The van der Waals surface area contributed by atoms with Gasteiger partial charge in [-0.1, -0.05) is 66.7 Å². The van der Waals surface area contributed by atoms with Crippen LogP contribution in [0.1, 0.15) is 12.5 Å². The van der Waals surface area contributed by atoms with E-state index in [4.69, 9.17) is 12.2 Å². The third-order valence-electron chi connectivity index (χ3n) is 3.25. The van der Waals surface area contributed by atoms with Gasteiger partial charge in [-0.3, -0.25) is 0 Å². The van der Waals surface area contributed by atoms with Crippen molar-refractivity contribution in [3.8, 4) is 11.4 Å². The number of hydrogen-bond acceptors (Lipinski definition) is 3. The monoisotopic (exact) mass is 320 g/mol. The molecule has 4 nitrogen and oxygen atoms in total. The Kier molecular flexibility index (Phi) is 4.59. The molecule has 0 atom stereocenters. The highest BCUT2D eigenvalue weighted by Gasteiger charge is 2.06. The number of allylic oxidation sites excluding steroid dienone is 1. The number of nitrogens with one attached hydrogen (secondary N) is 1. The predicted octanol–water partition coefficient (Wildman–Crippen LogP) is 4.55. The summed E-state index contributed by atoms with van der Waals surface area (Å²) in [7, 11) is 0. The highest BCUT2D eigenvalue weighted by molar-refractivity contribution is 7.71. The molecular formula is C18H16N4S. The Bertz CT molecular complexity index is 890. The van der Waals surface area contributed by atoms with E-state index < -0.39 is 0 Å². The SMILES string of the molecule is CC(=C/c1ccccc1)/C=N/n1c(-c2ccccc2)n[nH]c1=S. The Hall–Kier alpha value is -2.79. The van der Waals surface area contributed by atoms with Crippen LogP contribution in [0.4, 0.5) is 0 Å². The molecule has 0 aliphatic rings. The second kappa shape index (κ2) is 6.98. The molecule has 0 bridgehead atoms. The maximum atomic E-state index is 5.27. The van der Waals surface area contributed by atoms with Gasteiger partial charge in [0, 0.05) is 5.56 Å². The molecule has 0 saturated heterocycles. The zero-order valence-electron chi connectivity index (χ0n) is 12.7. The van der Waals surface area contributed by atoms with Crippen LogP contribution in [0, 0.1) is 4.77 Å².